The van der Waals surface area contributed by atoms with Crippen molar-refractivity contribution in [1.82, 2.24) is 20.2 Å². The molecule has 0 amide bonds. The minimum Gasteiger partial charge on any atom is -0.397 e. The van der Waals surface area contributed by atoms with Crippen LogP contribution in [0.15, 0.2) is 12.1 Å². The standard InChI is InChI=1S/C12H13Cl2N5/c13-9-5-8(6-10(15)11(9)14)12-16-17-18-19(12)4-3-7-1-2-7/h5-7H,1-4,15H2. The highest BCUT2D eigenvalue weighted by Crippen LogP contribution is 2.34. The van der Waals surface area contributed by atoms with Gasteiger partial charge < -0.3 is 5.73 Å². The molecule has 3 rings (SSSR count). The number of nitrogens with two attached hydrogens (primary N) is 1. The van der Waals surface area contributed by atoms with Crippen molar-refractivity contribution < 1.29 is 0 Å². The van der Waals surface area contributed by atoms with Crippen LogP contribution in [-0.4, -0.2) is 20.2 Å². The number of nitrogen functional groups attached to an aromatic ring is 1. The fraction of sp³-hybridized carbons (Fsp3) is 0.417. The van der Waals surface area contributed by atoms with E-state index in [9.17, 15) is 0 Å². The largest absolute Gasteiger partial charge is 0.397 e. The molecule has 0 saturated heterocycles. The normalized spacial score (nSPS) is 14.8. The summed E-state index contributed by atoms with van der Waals surface area (Å²) < 4.78 is 1.79. The lowest BCUT2D eigenvalue weighted by Gasteiger charge is -2.07. The first-order valence-corrected chi connectivity index (χ1v) is 6.92. The number of aryl methyl sites for hydroxylation is 1. The van der Waals surface area contributed by atoms with Crippen LogP contribution in [0.5, 0.6) is 0 Å². The van der Waals surface area contributed by atoms with Crippen molar-refractivity contribution in [3.8, 4) is 11.4 Å². The predicted molar refractivity (Wildman–Crippen MR) is 75.0 cm³/mol. The summed E-state index contributed by atoms with van der Waals surface area (Å²) in [5, 5.41) is 12.6. The Labute approximate surface area is 120 Å². The zero-order valence-corrected chi connectivity index (χ0v) is 11.7. The number of rotatable bonds is 4. The minimum absolute atomic E-state index is 0.363. The first-order valence-electron chi connectivity index (χ1n) is 6.16. The van der Waals surface area contributed by atoms with Crippen LogP contribution in [-0.2, 0) is 6.54 Å². The quantitative estimate of drug-likeness (QED) is 0.881. The zero-order valence-electron chi connectivity index (χ0n) is 10.2. The first-order chi connectivity index (χ1) is 9.15. The number of tetrazole rings is 1. The lowest BCUT2D eigenvalue weighted by Crippen LogP contribution is -2.04. The van der Waals surface area contributed by atoms with Gasteiger partial charge in [-0.1, -0.05) is 36.0 Å². The van der Waals surface area contributed by atoms with Crippen molar-refractivity contribution in [3.63, 3.8) is 0 Å². The fourth-order valence-electron chi connectivity index (χ4n) is 2.01. The van der Waals surface area contributed by atoms with Crippen LogP contribution >= 0.6 is 23.2 Å². The molecule has 2 N–H and O–H groups in total. The molecule has 2 aromatic rings. The smallest absolute Gasteiger partial charge is 0.182 e. The molecule has 1 heterocycles. The molecule has 0 radical (unpaired) electrons. The van der Waals surface area contributed by atoms with Gasteiger partial charge in [0.05, 0.1) is 15.7 Å². The molecule has 1 aromatic carbocycles. The van der Waals surface area contributed by atoms with Crippen LogP contribution in [0.1, 0.15) is 19.3 Å². The third-order valence-electron chi connectivity index (χ3n) is 3.29. The number of nitrogens with zero attached hydrogens (tertiary/aromatic N) is 4. The van der Waals surface area contributed by atoms with E-state index in [1.165, 1.54) is 12.8 Å². The molecule has 0 bridgehead atoms. The van der Waals surface area contributed by atoms with Gasteiger partial charge in [-0.3, -0.25) is 0 Å². The van der Waals surface area contributed by atoms with E-state index >= 15 is 0 Å². The maximum atomic E-state index is 6.04. The van der Waals surface area contributed by atoms with Gasteiger partial charge in [-0.2, -0.15) is 0 Å². The average Bonchev–Trinajstić information content (AvgIpc) is 3.10. The molecule has 0 unspecified atom stereocenters. The molecule has 1 aliphatic carbocycles. The van der Waals surface area contributed by atoms with E-state index in [1.54, 1.807) is 16.8 Å². The molecule has 1 aromatic heterocycles. The molecular formula is C12H13Cl2N5. The van der Waals surface area contributed by atoms with Gasteiger partial charge in [-0.05, 0) is 34.9 Å². The summed E-state index contributed by atoms with van der Waals surface area (Å²) in [6, 6.07) is 3.48. The molecule has 0 atom stereocenters. The van der Waals surface area contributed by atoms with Crippen LogP contribution in [0.3, 0.4) is 0 Å². The predicted octanol–water partition coefficient (Wildman–Crippen LogP) is 3.03. The van der Waals surface area contributed by atoms with Crippen molar-refractivity contribution in [2.75, 3.05) is 5.73 Å². The summed E-state index contributed by atoms with van der Waals surface area (Å²) in [6.45, 7) is 0.813. The summed E-state index contributed by atoms with van der Waals surface area (Å²) in [5.41, 5.74) is 7.03. The zero-order chi connectivity index (χ0) is 13.4. The number of benzene rings is 1. The highest BCUT2D eigenvalue weighted by Gasteiger charge is 2.22. The number of aromatic nitrogens is 4. The second-order valence-corrected chi connectivity index (χ2v) is 5.60. The van der Waals surface area contributed by atoms with Crippen molar-refractivity contribution in [3.05, 3.63) is 22.2 Å². The number of hydrogen-bond donors (Lipinski definition) is 1. The Morgan fingerprint density at radius 1 is 1.32 bits per heavy atom. The lowest BCUT2D eigenvalue weighted by atomic mass is 10.2. The molecule has 7 heteroatoms. The average molecular weight is 298 g/mol. The molecule has 5 nitrogen and oxygen atoms in total. The van der Waals surface area contributed by atoms with Gasteiger partial charge in [-0.25, -0.2) is 4.68 Å². The van der Waals surface area contributed by atoms with Crippen molar-refractivity contribution in [2.45, 2.75) is 25.8 Å². The van der Waals surface area contributed by atoms with Gasteiger partial charge >= 0.3 is 0 Å². The highest BCUT2D eigenvalue weighted by molar-refractivity contribution is 6.43. The molecule has 1 aliphatic rings. The van der Waals surface area contributed by atoms with E-state index in [2.05, 4.69) is 15.5 Å². The Balaban J connectivity index is 1.90. The monoisotopic (exact) mass is 297 g/mol. The fourth-order valence-corrected chi connectivity index (χ4v) is 2.35. The summed E-state index contributed by atoms with van der Waals surface area (Å²) in [4.78, 5) is 0. The van der Waals surface area contributed by atoms with Crippen LogP contribution in [0.2, 0.25) is 10.0 Å². The maximum absolute atomic E-state index is 6.04. The van der Waals surface area contributed by atoms with E-state index in [-0.39, 0.29) is 0 Å². The molecule has 0 spiro atoms. The first kappa shape index (κ1) is 12.7. The highest BCUT2D eigenvalue weighted by atomic mass is 35.5. The number of anilines is 1. The number of halogens is 2. The van der Waals surface area contributed by atoms with Crippen molar-refractivity contribution in [1.29, 1.82) is 0 Å². The molecule has 100 valence electrons. The summed E-state index contributed by atoms with van der Waals surface area (Å²) in [6.07, 6.45) is 3.74. The van der Waals surface area contributed by atoms with E-state index in [4.69, 9.17) is 28.9 Å². The molecule has 0 aliphatic heterocycles. The van der Waals surface area contributed by atoms with Crippen LogP contribution < -0.4 is 5.73 Å². The van der Waals surface area contributed by atoms with E-state index in [0.29, 0.717) is 21.6 Å². The SMILES string of the molecule is Nc1cc(-c2nnnn2CCC2CC2)cc(Cl)c1Cl. The summed E-state index contributed by atoms with van der Waals surface area (Å²) in [5.74, 6) is 1.50. The van der Waals surface area contributed by atoms with Crippen LogP contribution in [0.25, 0.3) is 11.4 Å². The van der Waals surface area contributed by atoms with Gasteiger partial charge in [0.2, 0.25) is 0 Å². The van der Waals surface area contributed by atoms with Gasteiger partial charge in [0, 0.05) is 12.1 Å². The Kier molecular flexibility index (Phi) is 3.33. The molecule has 1 fully saturated rings. The minimum atomic E-state index is 0.363. The Bertz CT molecular complexity index is 583. The maximum Gasteiger partial charge on any atom is 0.182 e. The van der Waals surface area contributed by atoms with Crippen molar-refractivity contribution in [2.24, 2.45) is 5.92 Å². The lowest BCUT2D eigenvalue weighted by molar-refractivity contribution is 0.535. The van der Waals surface area contributed by atoms with Gasteiger partial charge in [-0.15, -0.1) is 5.10 Å². The topological polar surface area (TPSA) is 69.6 Å². The van der Waals surface area contributed by atoms with E-state index in [0.717, 1.165) is 24.4 Å². The number of hydrogen-bond acceptors (Lipinski definition) is 4. The molecule has 19 heavy (non-hydrogen) atoms. The van der Waals surface area contributed by atoms with Gasteiger partial charge in [0.15, 0.2) is 5.82 Å². The molecule has 1 saturated carbocycles. The second-order valence-electron chi connectivity index (χ2n) is 4.82. The Morgan fingerprint density at radius 3 is 2.79 bits per heavy atom. The third-order valence-corrected chi connectivity index (χ3v) is 4.11. The molecular weight excluding hydrogens is 285 g/mol. The Morgan fingerprint density at radius 2 is 2.11 bits per heavy atom. The second kappa shape index (κ2) is 4.98. The van der Waals surface area contributed by atoms with Gasteiger partial charge in [0.1, 0.15) is 0 Å². The van der Waals surface area contributed by atoms with Crippen molar-refractivity contribution >= 4 is 28.9 Å². The van der Waals surface area contributed by atoms with Crippen LogP contribution in [0.4, 0.5) is 5.69 Å². The van der Waals surface area contributed by atoms with E-state index < -0.39 is 0 Å². The Hall–Kier alpha value is -1.33. The summed E-state index contributed by atoms with van der Waals surface area (Å²) in [7, 11) is 0. The summed E-state index contributed by atoms with van der Waals surface area (Å²) >= 11 is 12.0. The third kappa shape index (κ3) is 2.67. The van der Waals surface area contributed by atoms with E-state index in [1.807, 2.05) is 0 Å². The van der Waals surface area contributed by atoms with Crippen LogP contribution in [0, 0.1) is 5.92 Å². The van der Waals surface area contributed by atoms with Gasteiger partial charge in [0.25, 0.3) is 0 Å².